The zero-order valence-corrected chi connectivity index (χ0v) is 31.5. The number of piperidine rings is 2. The van der Waals surface area contributed by atoms with Crippen LogP contribution in [-0.4, -0.2) is 89.1 Å². The molecule has 1 aliphatic carbocycles. The monoisotopic (exact) mass is 762 g/mol. The van der Waals surface area contributed by atoms with Crippen molar-refractivity contribution in [2.75, 3.05) is 36.5 Å². The highest BCUT2D eigenvalue weighted by molar-refractivity contribution is 6.32. The lowest BCUT2D eigenvalue weighted by molar-refractivity contribution is -0.136. The standard InChI is InChI=1S/C41H43ClN8O5/c1-47(31-6-2-25(19-43)34(42)18-31)30-7-4-29(5-8-30)45-38(52)26-3-10-36(44-20-26)49-14-12-24(13-15-49)21-48-22-27-16-32-33(17-28(27)23-48)41(55)50(40(32)54)35-9-11-37(51)46-39(35)53/h2-3,6,10,16-18,20,24,29-30,35H,4-5,7-9,11-15,21-23H2,1H3,(H,45,52)(H,46,51,53)/t29-,30-,35?. The molecule has 4 aliphatic heterocycles. The Morgan fingerprint density at radius 1 is 0.945 bits per heavy atom. The summed E-state index contributed by atoms with van der Waals surface area (Å²) in [5.41, 5.74) is 4.72. The minimum Gasteiger partial charge on any atom is -0.372 e. The van der Waals surface area contributed by atoms with Crippen LogP contribution in [0.5, 0.6) is 0 Å². The lowest BCUT2D eigenvalue weighted by Gasteiger charge is -2.36. The minimum atomic E-state index is -0.964. The average molecular weight is 763 g/mol. The molecule has 3 fully saturated rings. The first-order chi connectivity index (χ1) is 26.6. The van der Waals surface area contributed by atoms with Crippen molar-refractivity contribution in [3.8, 4) is 6.07 Å². The molecule has 2 N–H and O–H groups in total. The summed E-state index contributed by atoms with van der Waals surface area (Å²) in [5.74, 6) is -0.684. The van der Waals surface area contributed by atoms with Gasteiger partial charge in [0.2, 0.25) is 11.8 Å². The summed E-state index contributed by atoms with van der Waals surface area (Å²) in [4.78, 5) is 76.3. The number of hydrogen-bond acceptors (Lipinski definition) is 10. The van der Waals surface area contributed by atoms with Gasteiger partial charge in [-0.25, -0.2) is 4.98 Å². The van der Waals surface area contributed by atoms with Crippen molar-refractivity contribution < 1.29 is 24.0 Å². The van der Waals surface area contributed by atoms with Crippen molar-refractivity contribution in [2.45, 2.75) is 82.6 Å². The van der Waals surface area contributed by atoms with E-state index in [9.17, 15) is 29.2 Å². The van der Waals surface area contributed by atoms with E-state index >= 15 is 0 Å². The van der Waals surface area contributed by atoms with E-state index in [1.165, 1.54) is 0 Å². The average Bonchev–Trinajstić information content (AvgIpc) is 3.69. The molecule has 3 aromatic rings. The number of nitrogens with one attached hydrogen (secondary N) is 2. The molecule has 2 aromatic carbocycles. The molecular formula is C41H43ClN8O5. The van der Waals surface area contributed by atoms with Gasteiger partial charge in [0.25, 0.3) is 17.7 Å². The second kappa shape index (κ2) is 15.1. The fourth-order valence-corrected chi connectivity index (χ4v) is 9.10. The third kappa shape index (κ3) is 7.28. The number of rotatable bonds is 8. The smallest absolute Gasteiger partial charge is 0.262 e. The molecule has 1 aromatic heterocycles. The number of carbonyl (C=O) groups is 5. The van der Waals surface area contributed by atoms with E-state index in [0.29, 0.717) is 52.3 Å². The van der Waals surface area contributed by atoms with Crippen molar-refractivity contribution in [3.05, 3.63) is 87.1 Å². The Hall–Kier alpha value is -5.32. The van der Waals surface area contributed by atoms with Crippen molar-refractivity contribution in [2.24, 2.45) is 5.92 Å². The topological polar surface area (TPSA) is 159 Å². The summed E-state index contributed by atoms with van der Waals surface area (Å²) in [6.07, 6.45) is 7.54. The summed E-state index contributed by atoms with van der Waals surface area (Å²) >= 11 is 6.26. The highest BCUT2D eigenvalue weighted by Gasteiger charge is 2.45. The van der Waals surface area contributed by atoms with E-state index in [0.717, 1.165) is 85.7 Å². The van der Waals surface area contributed by atoms with Gasteiger partial charge in [-0.2, -0.15) is 5.26 Å². The summed E-state index contributed by atoms with van der Waals surface area (Å²) in [7, 11) is 2.05. The van der Waals surface area contributed by atoms with Gasteiger partial charge in [0, 0.05) is 70.2 Å². The van der Waals surface area contributed by atoms with Gasteiger partial charge in [0.1, 0.15) is 17.9 Å². The molecule has 13 nitrogen and oxygen atoms in total. The van der Waals surface area contributed by atoms with Crippen LogP contribution < -0.4 is 20.4 Å². The molecule has 0 bridgehead atoms. The number of aromatic nitrogens is 1. The summed E-state index contributed by atoms with van der Waals surface area (Å²) in [6, 6.07) is 14.5. The lowest BCUT2D eigenvalue weighted by atomic mass is 9.90. The number of hydrogen-bond donors (Lipinski definition) is 2. The normalized spacial score (nSPS) is 23.0. The van der Waals surface area contributed by atoms with Crippen LogP contribution in [0.4, 0.5) is 11.5 Å². The quantitative estimate of drug-likeness (QED) is 0.315. The maximum Gasteiger partial charge on any atom is 0.262 e. The van der Waals surface area contributed by atoms with Gasteiger partial charge in [0.05, 0.1) is 27.3 Å². The first kappa shape index (κ1) is 36.6. The van der Waals surface area contributed by atoms with E-state index in [1.807, 2.05) is 43.4 Å². The van der Waals surface area contributed by atoms with Crippen LogP contribution in [0.3, 0.4) is 0 Å². The molecule has 5 heterocycles. The van der Waals surface area contributed by atoms with E-state index in [1.54, 1.807) is 12.3 Å². The Bertz CT molecular complexity index is 2060. The van der Waals surface area contributed by atoms with E-state index in [4.69, 9.17) is 11.6 Å². The van der Waals surface area contributed by atoms with Gasteiger partial charge in [-0.1, -0.05) is 11.6 Å². The Labute approximate surface area is 324 Å². The second-order valence-corrected chi connectivity index (χ2v) is 15.9. The first-order valence-electron chi connectivity index (χ1n) is 19.1. The Kier molecular flexibility index (Phi) is 10.0. The maximum absolute atomic E-state index is 13.3. The zero-order valence-electron chi connectivity index (χ0n) is 30.7. The zero-order chi connectivity index (χ0) is 38.4. The largest absolute Gasteiger partial charge is 0.372 e. The molecular weight excluding hydrogens is 720 g/mol. The number of anilines is 2. The second-order valence-electron chi connectivity index (χ2n) is 15.5. The molecule has 8 rings (SSSR count). The number of halogens is 1. The predicted octanol–water partition coefficient (Wildman–Crippen LogP) is 4.42. The molecule has 284 valence electrons. The van der Waals surface area contributed by atoms with Gasteiger partial charge >= 0.3 is 0 Å². The molecule has 14 heteroatoms. The van der Waals surface area contributed by atoms with Crippen LogP contribution in [0.25, 0.3) is 0 Å². The number of amides is 5. The Balaban J connectivity index is 0.784. The lowest BCUT2D eigenvalue weighted by Crippen LogP contribution is -2.54. The molecule has 0 radical (unpaired) electrons. The van der Waals surface area contributed by atoms with Crippen molar-refractivity contribution in [3.63, 3.8) is 0 Å². The van der Waals surface area contributed by atoms with E-state index < -0.39 is 29.7 Å². The highest BCUT2D eigenvalue weighted by atomic mass is 35.5. The van der Waals surface area contributed by atoms with Crippen molar-refractivity contribution in [1.82, 2.24) is 25.4 Å². The minimum absolute atomic E-state index is 0.0952. The number of carbonyl (C=O) groups excluding carboxylic acids is 5. The molecule has 0 spiro atoms. The van der Waals surface area contributed by atoms with Crippen LogP contribution in [0.1, 0.15) is 99.1 Å². The number of fused-ring (bicyclic) bond motifs is 2. The van der Waals surface area contributed by atoms with Gasteiger partial charge in [-0.3, -0.25) is 39.1 Å². The van der Waals surface area contributed by atoms with Crippen LogP contribution in [0.2, 0.25) is 5.02 Å². The SMILES string of the molecule is CN(c1ccc(C#N)c(Cl)c1)[C@H]1CC[C@H](NC(=O)c2ccc(N3CCC(CN4Cc5cc6c(cc5C4)C(=O)N(C4CCC(=O)NC4=O)C6=O)CC3)nc2)CC1. The van der Waals surface area contributed by atoms with Crippen LogP contribution in [0, 0.1) is 17.2 Å². The first-order valence-corrected chi connectivity index (χ1v) is 19.5. The Morgan fingerprint density at radius 2 is 1.64 bits per heavy atom. The maximum atomic E-state index is 13.3. The fraction of sp³-hybridized carbons (Fsp3) is 0.439. The summed E-state index contributed by atoms with van der Waals surface area (Å²) in [5, 5.41) is 15.1. The molecule has 1 saturated carbocycles. The van der Waals surface area contributed by atoms with Crippen molar-refractivity contribution >= 4 is 52.6 Å². The van der Waals surface area contributed by atoms with Crippen LogP contribution >= 0.6 is 11.6 Å². The van der Waals surface area contributed by atoms with E-state index in [2.05, 4.69) is 36.4 Å². The molecule has 1 unspecified atom stereocenters. The molecule has 55 heavy (non-hydrogen) atoms. The number of nitriles is 1. The van der Waals surface area contributed by atoms with Crippen LogP contribution in [-0.2, 0) is 22.7 Å². The van der Waals surface area contributed by atoms with E-state index in [-0.39, 0.29) is 24.8 Å². The summed E-state index contributed by atoms with van der Waals surface area (Å²) in [6.45, 7) is 4.03. The van der Waals surface area contributed by atoms with Gasteiger partial charge in [-0.15, -0.1) is 0 Å². The number of nitrogens with zero attached hydrogens (tertiary/aromatic N) is 6. The van der Waals surface area contributed by atoms with Crippen molar-refractivity contribution in [1.29, 1.82) is 5.26 Å². The third-order valence-corrected chi connectivity index (χ3v) is 12.4. The number of benzene rings is 2. The fourth-order valence-electron chi connectivity index (χ4n) is 8.89. The van der Waals surface area contributed by atoms with Gasteiger partial charge < -0.3 is 15.1 Å². The van der Waals surface area contributed by atoms with Gasteiger partial charge in [0.15, 0.2) is 0 Å². The third-order valence-electron chi connectivity index (χ3n) is 12.1. The molecule has 1 atom stereocenters. The van der Waals surface area contributed by atoms with Crippen LogP contribution in [0.15, 0.2) is 48.7 Å². The Morgan fingerprint density at radius 3 is 2.24 bits per heavy atom. The van der Waals surface area contributed by atoms with Gasteiger partial charge in [-0.05, 0) is 104 Å². The molecule has 5 amide bonds. The molecule has 2 saturated heterocycles. The number of imide groups is 2. The predicted molar refractivity (Wildman–Crippen MR) is 204 cm³/mol. The molecule has 5 aliphatic rings. The summed E-state index contributed by atoms with van der Waals surface area (Å²) < 4.78 is 0. The highest BCUT2D eigenvalue weighted by Crippen LogP contribution is 2.35. The number of pyridine rings is 1.